The van der Waals surface area contributed by atoms with Gasteiger partial charge in [0.2, 0.25) is 0 Å². The van der Waals surface area contributed by atoms with Gasteiger partial charge in [0.1, 0.15) is 5.75 Å². The molecule has 2 nitrogen and oxygen atoms in total. The zero-order chi connectivity index (χ0) is 13.8. The molecule has 0 aliphatic heterocycles. The summed E-state index contributed by atoms with van der Waals surface area (Å²) in [6.07, 6.45) is 0. The van der Waals surface area contributed by atoms with Crippen LogP contribution in [0.25, 0.3) is 0 Å². The summed E-state index contributed by atoms with van der Waals surface area (Å²) < 4.78 is 7.88. The molecular formula is C14H15BrINOS. The molecule has 102 valence electrons. The van der Waals surface area contributed by atoms with Crippen molar-refractivity contribution in [2.24, 2.45) is 0 Å². The Balaban J connectivity index is 2.33. The standard InChI is InChI=1S/C14H15BrINOS/c1-3-18-10-4-5-11(12(15)7-10)14(17-2)9-6-13(16)19-8-9/h4-8,14,17H,3H2,1-2H3. The highest BCUT2D eigenvalue weighted by atomic mass is 127. The summed E-state index contributed by atoms with van der Waals surface area (Å²) in [5.74, 6) is 0.896. The van der Waals surface area contributed by atoms with E-state index in [1.54, 1.807) is 11.3 Å². The van der Waals surface area contributed by atoms with E-state index in [9.17, 15) is 0 Å². The van der Waals surface area contributed by atoms with Crippen molar-refractivity contribution in [3.8, 4) is 5.75 Å². The molecule has 19 heavy (non-hydrogen) atoms. The Bertz CT molecular complexity index is 558. The molecule has 1 aromatic carbocycles. The van der Waals surface area contributed by atoms with Crippen molar-refractivity contribution in [1.82, 2.24) is 5.32 Å². The molecule has 0 radical (unpaired) electrons. The summed E-state index contributed by atoms with van der Waals surface area (Å²) in [5.41, 5.74) is 2.52. The zero-order valence-corrected chi connectivity index (χ0v) is 15.3. The Labute approximate surface area is 139 Å². The van der Waals surface area contributed by atoms with Crippen LogP contribution in [0.4, 0.5) is 0 Å². The summed E-state index contributed by atoms with van der Waals surface area (Å²) in [4.78, 5) is 0. The topological polar surface area (TPSA) is 21.3 Å². The SMILES string of the molecule is CCOc1ccc(C(NC)c2csc(I)c2)c(Br)c1. The van der Waals surface area contributed by atoms with E-state index in [2.05, 4.69) is 61.4 Å². The Morgan fingerprint density at radius 3 is 2.74 bits per heavy atom. The molecule has 0 aliphatic rings. The van der Waals surface area contributed by atoms with Crippen LogP contribution in [-0.4, -0.2) is 13.7 Å². The van der Waals surface area contributed by atoms with Gasteiger partial charge in [-0.2, -0.15) is 0 Å². The second kappa shape index (κ2) is 7.06. The van der Waals surface area contributed by atoms with E-state index < -0.39 is 0 Å². The molecule has 0 bridgehead atoms. The third-order valence-corrected chi connectivity index (χ3v) is 5.30. The lowest BCUT2D eigenvalue weighted by Gasteiger charge is -2.18. The Hall–Kier alpha value is -0.110. The number of hydrogen-bond acceptors (Lipinski definition) is 3. The van der Waals surface area contributed by atoms with Crippen LogP contribution < -0.4 is 10.1 Å². The molecular weight excluding hydrogens is 437 g/mol. The molecule has 0 saturated heterocycles. The van der Waals surface area contributed by atoms with Crippen LogP contribution in [0.3, 0.4) is 0 Å². The quantitative estimate of drug-likeness (QED) is 0.658. The number of thiophene rings is 1. The lowest BCUT2D eigenvalue weighted by molar-refractivity contribution is 0.340. The smallest absolute Gasteiger partial charge is 0.120 e. The first-order valence-corrected chi connectivity index (χ1v) is 8.74. The fourth-order valence-electron chi connectivity index (χ4n) is 1.97. The van der Waals surface area contributed by atoms with Crippen LogP contribution in [0.2, 0.25) is 0 Å². The first-order valence-electron chi connectivity index (χ1n) is 5.99. The molecule has 1 heterocycles. The van der Waals surface area contributed by atoms with E-state index in [1.165, 1.54) is 14.0 Å². The molecule has 1 N–H and O–H groups in total. The largest absolute Gasteiger partial charge is 0.494 e. The number of benzene rings is 1. The van der Waals surface area contributed by atoms with E-state index >= 15 is 0 Å². The maximum atomic E-state index is 5.52. The highest BCUT2D eigenvalue weighted by molar-refractivity contribution is 14.1. The first-order chi connectivity index (χ1) is 9.15. The second-order valence-corrected chi connectivity index (χ2v) is 7.68. The third kappa shape index (κ3) is 3.71. The van der Waals surface area contributed by atoms with Crippen molar-refractivity contribution in [3.05, 3.63) is 48.1 Å². The van der Waals surface area contributed by atoms with Gasteiger partial charge in [-0.25, -0.2) is 0 Å². The van der Waals surface area contributed by atoms with Gasteiger partial charge < -0.3 is 10.1 Å². The van der Waals surface area contributed by atoms with Gasteiger partial charge in [-0.3, -0.25) is 0 Å². The molecule has 0 aliphatic carbocycles. The molecule has 1 aromatic heterocycles. The van der Waals surface area contributed by atoms with E-state index in [-0.39, 0.29) is 6.04 Å². The minimum Gasteiger partial charge on any atom is -0.494 e. The molecule has 0 saturated carbocycles. The zero-order valence-electron chi connectivity index (χ0n) is 10.7. The third-order valence-electron chi connectivity index (χ3n) is 2.80. The number of ether oxygens (including phenoxy) is 1. The fraction of sp³-hybridized carbons (Fsp3) is 0.286. The normalized spacial score (nSPS) is 12.4. The van der Waals surface area contributed by atoms with Crippen LogP contribution in [0.5, 0.6) is 5.75 Å². The molecule has 2 aromatic rings. The highest BCUT2D eigenvalue weighted by Crippen LogP contribution is 2.33. The summed E-state index contributed by atoms with van der Waals surface area (Å²) in [6.45, 7) is 2.68. The fourth-order valence-corrected chi connectivity index (χ4v) is 3.96. The summed E-state index contributed by atoms with van der Waals surface area (Å²) in [7, 11) is 1.98. The van der Waals surface area contributed by atoms with E-state index in [1.807, 2.05) is 26.1 Å². The number of hydrogen-bond donors (Lipinski definition) is 1. The minimum absolute atomic E-state index is 0.199. The Kier molecular flexibility index (Phi) is 5.68. The minimum atomic E-state index is 0.199. The van der Waals surface area contributed by atoms with Gasteiger partial charge in [0.25, 0.3) is 0 Å². The van der Waals surface area contributed by atoms with Gasteiger partial charge in [0.05, 0.1) is 15.5 Å². The maximum absolute atomic E-state index is 5.52. The highest BCUT2D eigenvalue weighted by Gasteiger charge is 2.16. The number of rotatable bonds is 5. The van der Waals surface area contributed by atoms with Crippen LogP contribution >= 0.6 is 49.9 Å². The van der Waals surface area contributed by atoms with Crippen LogP contribution in [0.1, 0.15) is 24.1 Å². The van der Waals surface area contributed by atoms with Crippen molar-refractivity contribution in [2.75, 3.05) is 13.7 Å². The van der Waals surface area contributed by atoms with Crippen LogP contribution in [-0.2, 0) is 0 Å². The lowest BCUT2D eigenvalue weighted by Crippen LogP contribution is -2.17. The monoisotopic (exact) mass is 451 g/mol. The van der Waals surface area contributed by atoms with Gasteiger partial charge in [-0.15, -0.1) is 11.3 Å². The molecule has 1 atom stereocenters. The molecule has 0 amide bonds. The average Bonchev–Trinajstić information content (AvgIpc) is 2.80. The molecule has 1 unspecified atom stereocenters. The van der Waals surface area contributed by atoms with Crippen molar-refractivity contribution in [1.29, 1.82) is 0 Å². The van der Waals surface area contributed by atoms with Gasteiger partial charge >= 0.3 is 0 Å². The lowest BCUT2D eigenvalue weighted by atomic mass is 10.0. The number of halogens is 2. The van der Waals surface area contributed by atoms with E-state index in [0.29, 0.717) is 6.61 Å². The predicted molar refractivity (Wildman–Crippen MR) is 93.2 cm³/mol. The van der Waals surface area contributed by atoms with Crippen molar-refractivity contribution in [3.63, 3.8) is 0 Å². The molecule has 2 rings (SSSR count). The molecule has 0 spiro atoms. The first kappa shape index (κ1) is 15.3. The predicted octanol–water partition coefficient (Wildman–Crippen LogP) is 4.82. The second-order valence-electron chi connectivity index (χ2n) is 4.02. The van der Waals surface area contributed by atoms with Gasteiger partial charge in [-0.05, 0) is 71.3 Å². The van der Waals surface area contributed by atoms with Gasteiger partial charge in [0, 0.05) is 4.47 Å². The summed E-state index contributed by atoms with van der Waals surface area (Å²) in [5, 5.41) is 5.57. The van der Waals surface area contributed by atoms with Gasteiger partial charge in [0.15, 0.2) is 0 Å². The van der Waals surface area contributed by atoms with Gasteiger partial charge in [-0.1, -0.05) is 22.0 Å². The Morgan fingerprint density at radius 1 is 1.42 bits per heavy atom. The van der Waals surface area contributed by atoms with Crippen molar-refractivity contribution >= 4 is 49.9 Å². The van der Waals surface area contributed by atoms with Crippen molar-refractivity contribution < 1.29 is 4.74 Å². The van der Waals surface area contributed by atoms with Crippen LogP contribution in [0.15, 0.2) is 34.1 Å². The molecule has 5 heteroatoms. The van der Waals surface area contributed by atoms with Crippen LogP contribution in [0, 0.1) is 2.88 Å². The maximum Gasteiger partial charge on any atom is 0.120 e. The Morgan fingerprint density at radius 2 is 2.21 bits per heavy atom. The molecule has 0 fully saturated rings. The van der Waals surface area contributed by atoms with E-state index in [0.717, 1.165) is 10.2 Å². The van der Waals surface area contributed by atoms with Crippen molar-refractivity contribution in [2.45, 2.75) is 13.0 Å². The summed E-state index contributed by atoms with van der Waals surface area (Å²) >= 11 is 7.76. The average molecular weight is 452 g/mol. The number of nitrogens with one attached hydrogen (secondary N) is 1. The summed E-state index contributed by atoms with van der Waals surface area (Å²) in [6, 6.07) is 8.58. The van der Waals surface area contributed by atoms with E-state index in [4.69, 9.17) is 4.74 Å².